The first-order chi connectivity index (χ1) is 7.56. The van der Waals surface area contributed by atoms with Crippen molar-refractivity contribution in [3.05, 3.63) is 34.1 Å². The molecule has 0 saturated carbocycles. The highest BCUT2D eigenvalue weighted by atomic mass is 79.9. The van der Waals surface area contributed by atoms with Crippen LogP contribution < -0.4 is 11.1 Å². The molecule has 16 heavy (non-hydrogen) atoms. The van der Waals surface area contributed by atoms with Crippen LogP contribution in [-0.2, 0) is 4.79 Å². The molecule has 0 saturated heterocycles. The highest BCUT2D eigenvalue weighted by molar-refractivity contribution is 9.10. The van der Waals surface area contributed by atoms with Gasteiger partial charge in [0.1, 0.15) is 11.9 Å². The van der Waals surface area contributed by atoms with Gasteiger partial charge in [0.25, 0.3) is 0 Å². The third kappa shape index (κ3) is 3.28. The van der Waals surface area contributed by atoms with Crippen LogP contribution >= 0.6 is 15.9 Å². The zero-order chi connectivity index (χ0) is 12.1. The number of primary amides is 1. The van der Waals surface area contributed by atoms with Gasteiger partial charge in [-0.25, -0.2) is 4.39 Å². The van der Waals surface area contributed by atoms with Crippen molar-refractivity contribution in [2.45, 2.75) is 19.4 Å². The maximum atomic E-state index is 13.6. The van der Waals surface area contributed by atoms with Gasteiger partial charge in [-0.1, -0.05) is 28.9 Å². The molecule has 0 aliphatic carbocycles. The number of nitrogens with two attached hydrogens (primary N) is 1. The van der Waals surface area contributed by atoms with Crippen LogP contribution in [0.5, 0.6) is 0 Å². The Labute approximate surface area is 102 Å². The molecule has 0 radical (unpaired) electrons. The topological polar surface area (TPSA) is 55.1 Å². The van der Waals surface area contributed by atoms with Crippen molar-refractivity contribution in [3.63, 3.8) is 0 Å². The number of hydrogen-bond acceptors (Lipinski definition) is 2. The molecular formula is C11H14BrFN2O. The van der Waals surface area contributed by atoms with Crippen LogP contribution in [0.1, 0.15) is 24.9 Å². The predicted molar refractivity (Wildman–Crippen MR) is 64.3 cm³/mol. The third-order valence-corrected chi connectivity index (χ3v) is 2.65. The molecule has 3 nitrogen and oxygen atoms in total. The molecule has 0 aromatic heterocycles. The van der Waals surface area contributed by atoms with Crippen molar-refractivity contribution in [2.24, 2.45) is 5.73 Å². The van der Waals surface area contributed by atoms with Gasteiger partial charge in [-0.2, -0.15) is 0 Å². The lowest BCUT2D eigenvalue weighted by molar-refractivity contribution is -0.120. The Morgan fingerprint density at radius 2 is 2.31 bits per heavy atom. The number of amides is 1. The minimum absolute atomic E-state index is 0.282. The normalized spacial score (nSPS) is 12.4. The van der Waals surface area contributed by atoms with Crippen LogP contribution in [0.3, 0.4) is 0 Å². The highest BCUT2D eigenvalue weighted by Gasteiger charge is 2.20. The lowest BCUT2D eigenvalue weighted by atomic mass is 10.1. The summed E-state index contributed by atoms with van der Waals surface area (Å²) in [6.45, 7) is 2.58. The van der Waals surface area contributed by atoms with E-state index in [2.05, 4.69) is 21.2 Å². The second-order valence-electron chi connectivity index (χ2n) is 3.46. The van der Waals surface area contributed by atoms with E-state index in [1.165, 1.54) is 6.07 Å². The summed E-state index contributed by atoms with van der Waals surface area (Å²) >= 11 is 3.16. The fourth-order valence-electron chi connectivity index (χ4n) is 1.39. The summed E-state index contributed by atoms with van der Waals surface area (Å²) in [6, 6.07) is 3.78. The number of nitrogens with one attached hydrogen (secondary N) is 1. The van der Waals surface area contributed by atoms with E-state index in [1.807, 2.05) is 6.92 Å². The molecule has 1 rings (SSSR count). The monoisotopic (exact) mass is 288 g/mol. The fraction of sp³-hybridized carbons (Fsp3) is 0.364. The van der Waals surface area contributed by atoms with E-state index in [4.69, 9.17) is 5.73 Å². The van der Waals surface area contributed by atoms with Gasteiger partial charge in [0.05, 0.1) is 0 Å². The lowest BCUT2D eigenvalue weighted by Gasteiger charge is -2.16. The summed E-state index contributed by atoms with van der Waals surface area (Å²) in [4.78, 5) is 11.2. The average molecular weight is 289 g/mol. The van der Waals surface area contributed by atoms with E-state index < -0.39 is 17.8 Å². The Kier molecular flexibility index (Phi) is 4.89. The summed E-state index contributed by atoms with van der Waals surface area (Å²) in [5.41, 5.74) is 5.52. The van der Waals surface area contributed by atoms with Gasteiger partial charge in [-0.05, 0) is 25.1 Å². The molecule has 0 aliphatic heterocycles. The summed E-state index contributed by atoms with van der Waals surface area (Å²) in [5, 5.41) is 2.92. The molecule has 3 N–H and O–H groups in total. The highest BCUT2D eigenvalue weighted by Crippen LogP contribution is 2.21. The number of rotatable bonds is 5. The molecule has 0 bridgehead atoms. The van der Waals surface area contributed by atoms with E-state index in [-0.39, 0.29) is 5.56 Å². The second-order valence-corrected chi connectivity index (χ2v) is 4.37. The number of halogens is 2. The minimum Gasteiger partial charge on any atom is -0.368 e. The van der Waals surface area contributed by atoms with Crippen molar-refractivity contribution >= 4 is 21.8 Å². The van der Waals surface area contributed by atoms with Crippen molar-refractivity contribution in [1.82, 2.24) is 5.32 Å². The van der Waals surface area contributed by atoms with E-state index in [9.17, 15) is 9.18 Å². The molecular weight excluding hydrogens is 275 g/mol. The number of carbonyl (C=O) groups excluding carboxylic acids is 1. The number of carbonyl (C=O) groups is 1. The first-order valence-electron chi connectivity index (χ1n) is 5.04. The van der Waals surface area contributed by atoms with Gasteiger partial charge in [0.2, 0.25) is 5.91 Å². The number of hydrogen-bond donors (Lipinski definition) is 2. The van der Waals surface area contributed by atoms with Crippen molar-refractivity contribution in [2.75, 3.05) is 6.54 Å². The molecule has 1 aromatic rings. The molecule has 1 aromatic carbocycles. The van der Waals surface area contributed by atoms with Crippen LogP contribution in [0.25, 0.3) is 0 Å². The van der Waals surface area contributed by atoms with Crippen LogP contribution in [-0.4, -0.2) is 12.5 Å². The van der Waals surface area contributed by atoms with Crippen LogP contribution in [0.2, 0.25) is 0 Å². The minimum atomic E-state index is -0.770. The van der Waals surface area contributed by atoms with Crippen molar-refractivity contribution in [3.8, 4) is 0 Å². The Morgan fingerprint density at radius 3 is 2.81 bits per heavy atom. The molecule has 5 heteroatoms. The standard InChI is InChI=1S/C11H14BrFN2O/c1-2-5-15-10(11(14)16)8-4-3-7(12)6-9(8)13/h3-4,6,10,15H,2,5H2,1H3,(H2,14,16). The first kappa shape index (κ1) is 13.1. The molecule has 1 amide bonds. The van der Waals surface area contributed by atoms with Crippen molar-refractivity contribution < 1.29 is 9.18 Å². The van der Waals surface area contributed by atoms with E-state index in [0.29, 0.717) is 11.0 Å². The summed E-state index contributed by atoms with van der Waals surface area (Å²) in [6.07, 6.45) is 0.849. The molecule has 0 heterocycles. The van der Waals surface area contributed by atoms with Crippen molar-refractivity contribution in [1.29, 1.82) is 0 Å². The maximum absolute atomic E-state index is 13.6. The van der Waals surface area contributed by atoms with Gasteiger partial charge >= 0.3 is 0 Å². The van der Waals surface area contributed by atoms with E-state index >= 15 is 0 Å². The van der Waals surface area contributed by atoms with Gasteiger partial charge < -0.3 is 11.1 Å². The van der Waals surface area contributed by atoms with Gasteiger partial charge in [-0.15, -0.1) is 0 Å². The maximum Gasteiger partial charge on any atom is 0.239 e. The van der Waals surface area contributed by atoms with E-state index in [1.54, 1.807) is 12.1 Å². The summed E-state index contributed by atoms with van der Waals surface area (Å²) in [5.74, 6) is -1.02. The van der Waals surface area contributed by atoms with Gasteiger partial charge in [-0.3, -0.25) is 4.79 Å². The number of benzene rings is 1. The Balaban J connectivity index is 2.96. The SMILES string of the molecule is CCCNC(C(N)=O)c1ccc(Br)cc1F. The summed E-state index contributed by atoms with van der Waals surface area (Å²) < 4.78 is 14.2. The Bertz CT molecular complexity index is 384. The Hall–Kier alpha value is -0.940. The molecule has 0 fully saturated rings. The molecule has 0 aliphatic rings. The molecule has 0 spiro atoms. The van der Waals surface area contributed by atoms with Gasteiger partial charge in [0, 0.05) is 10.0 Å². The Morgan fingerprint density at radius 1 is 1.62 bits per heavy atom. The molecule has 1 unspecified atom stereocenters. The smallest absolute Gasteiger partial charge is 0.239 e. The summed E-state index contributed by atoms with van der Waals surface area (Å²) in [7, 11) is 0. The zero-order valence-corrected chi connectivity index (χ0v) is 10.6. The van der Waals surface area contributed by atoms with Crippen LogP contribution in [0.15, 0.2) is 22.7 Å². The predicted octanol–water partition coefficient (Wildman–Crippen LogP) is 2.11. The quantitative estimate of drug-likeness (QED) is 0.872. The van der Waals surface area contributed by atoms with Crippen LogP contribution in [0, 0.1) is 5.82 Å². The molecule has 1 atom stereocenters. The second kappa shape index (κ2) is 5.96. The first-order valence-corrected chi connectivity index (χ1v) is 5.83. The zero-order valence-electron chi connectivity index (χ0n) is 8.97. The largest absolute Gasteiger partial charge is 0.368 e. The lowest BCUT2D eigenvalue weighted by Crippen LogP contribution is -2.34. The van der Waals surface area contributed by atoms with E-state index in [0.717, 1.165) is 6.42 Å². The van der Waals surface area contributed by atoms with Gasteiger partial charge in [0.15, 0.2) is 0 Å². The molecule has 88 valence electrons. The average Bonchev–Trinajstić information content (AvgIpc) is 2.20. The fourth-order valence-corrected chi connectivity index (χ4v) is 1.72. The third-order valence-electron chi connectivity index (χ3n) is 2.16. The van der Waals surface area contributed by atoms with Crippen LogP contribution in [0.4, 0.5) is 4.39 Å².